The number of aliphatic imine (C=N–C) groups is 1. The molecule has 0 aromatic heterocycles. The Morgan fingerprint density at radius 2 is 2.18 bits per heavy atom. The van der Waals surface area contributed by atoms with Crippen LogP contribution in [0.25, 0.3) is 0 Å². The number of nitrogens with one attached hydrogen (secondary N) is 1. The van der Waals surface area contributed by atoms with Crippen molar-refractivity contribution in [2.24, 2.45) is 4.99 Å². The highest BCUT2D eigenvalue weighted by molar-refractivity contribution is 8.16. The van der Waals surface area contributed by atoms with E-state index in [4.69, 9.17) is 11.6 Å². The minimum Gasteiger partial charge on any atom is -0.378 e. The Balaban J connectivity index is 1.85. The lowest BCUT2D eigenvalue weighted by molar-refractivity contribution is 0.504. The fourth-order valence-corrected chi connectivity index (χ4v) is 5.17. The topological polar surface area (TPSA) is 65.0 Å². The molecule has 0 aliphatic carbocycles. The van der Waals surface area contributed by atoms with Crippen LogP contribution in [0.4, 0.5) is 11.4 Å². The summed E-state index contributed by atoms with van der Waals surface area (Å²) in [5.74, 6) is 0. The van der Waals surface area contributed by atoms with Crippen molar-refractivity contribution in [3.63, 3.8) is 0 Å². The second-order valence-corrected chi connectivity index (χ2v) is 8.17. The third-order valence-corrected chi connectivity index (χ3v) is 6.21. The number of alkyl halides is 1. The Labute approximate surface area is 138 Å². The number of benzene rings is 1. The van der Waals surface area contributed by atoms with Gasteiger partial charge >= 0.3 is 0 Å². The van der Waals surface area contributed by atoms with Crippen molar-refractivity contribution in [3.05, 3.63) is 35.9 Å². The van der Waals surface area contributed by atoms with Crippen LogP contribution in [0.3, 0.4) is 0 Å². The van der Waals surface area contributed by atoms with Gasteiger partial charge in [0, 0.05) is 26.0 Å². The van der Waals surface area contributed by atoms with Gasteiger partial charge in [0.25, 0.3) is 10.0 Å². The highest BCUT2D eigenvalue weighted by Gasteiger charge is 2.45. The summed E-state index contributed by atoms with van der Waals surface area (Å²) in [6, 6.07) is 7.18. The number of halogens is 1. The van der Waals surface area contributed by atoms with Gasteiger partial charge in [-0.1, -0.05) is 29.4 Å². The summed E-state index contributed by atoms with van der Waals surface area (Å²) in [6.45, 7) is 0. The van der Waals surface area contributed by atoms with Crippen LogP contribution < -0.4 is 9.62 Å². The Hall–Kier alpha value is -1.38. The summed E-state index contributed by atoms with van der Waals surface area (Å²) in [5, 5.41) is 1.45. The largest absolute Gasteiger partial charge is 0.378 e. The molecule has 22 heavy (non-hydrogen) atoms. The van der Waals surface area contributed by atoms with Crippen molar-refractivity contribution in [3.8, 4) is 0 Å². The van der Waals surface area contributed by atoms with Crippen LogP contribution in [0.1, 0.15) is 0 Å². The number of anilines is 2. The lowest BCUT2D eigenvalue weighted by atomic mass is 10.3. The van der Waals surface area contributed by atoms with Gasteiger partial charge in [0.1, 0.15) is 0 Å². The van der Waals surface area contributed by atoms with Gasteiger partial charge in [-0.2, -0.15) is 0 Å². The Kier molecular flexibility index (Phi) is 4.00. The maximum atomic E-state index is 12.7. The molecule has 0 bridgehead atoms. The van der Waals surface area contributed by atoms with Crippen LogP contribution in [0, 0.1) is 0 Å². The molecule has 118 valence electrons. The first kappa shape index (κ1) is 15.5. The maximum Gasteiger partial charge on any atom is 0.257 e. The molecule has 2 atom stereocenters. The smallest absolute Gasteiger partial charge is 0.257 e. The molecule has 9 heteroatoms. The van der Waals surface area contributed by atoms with Crippen LogP contribution in [-0.4, -0.2) is 43.5 Å². The molecule has 1 aromatic carbocycles. The molecular weight excluding hydrogens is 344 g/mol. The van der Waals surface area contributed by atoms with E-state index in [2.05, 4.69) is 9.71 Å². The monoisotopic (exact) mass is 358 g/mol. The molecule has 6 nitrogen and oxygen atoms in total. The summed E-state index contributed by atoms with van der Waals surface area (Å²) in [5.41, 5.74) is 0.573. The molecule has 3 rings (SSSR count). The van der Waals surface area contributed by atoms with E-state index in [-0.39, 0.29) is 0 Å². The Bertz CT molecular complexity index is 748. The second-order valence-electron chi connectivity index (χ2n) is 5.08. The molecule has 2 unspecified atom stereocenters. The van der Waals surface area contributed by atoms with Crippen LogP contribution >= 0.6 is 23.4 Å². The van der Waals surface area contributed by atoms with Gasteiger partial charge in [0.2, 0.25) is 0 Å². The number of amidine groups is 1. The van der Waals surface area contributed by atoms with E-state index in [0.29, 0.717) is 10.9 Å². The van der Waals surface area contributed by atoms with E-state index in [0.717, 1.165) is 5.69 Å². The Morgan fingerprint density at radius 3 is 2.91 bits per heavy atom. The van der Waals surface area contributed by atoms with Gasteiger partial charge in [-0.05, 0) is 23.6 Å². The zero-order valence-corrected chi connectivity index (χ0v) is 14.4. The predicted molar refractivity (Wildman–Crippen MR) is 92.7 cm³/mol. The fraction of sp³-hybridized carbons (Fsp3) is 0.308. The van der Waals surface area contributed by atoms with Crippen molar-refractivity contribution in [2.45, 2.75) is 10.9 Å². The average Bonchev–Trinajstić information content (AvgIpc) is 2.97. The van der Waals surface area contributed by atoms with Crippen molar-refractivity contribution in [1.82, 2.24) is 4.90 Å². The number of hydrogen-bond donors (Lipinski definition) is 1. The SMILES string of the molecule is CN(C)c1cccc(NS(=O)(=O)C2C(Cl)N=C3SC=CN32)c1. The average molecular weight is 359 g/mol. The molecule has 2 heterocycles. The van der Waals surface area contributed by atoms with Gasteiger partial charge in [-0.15, -0.1) is 0 Å². The van der Waals surface area contributed by atoms with E-state index in [1.165, 1.54) is 11.8 Å². The van der Waals surface area contributed by atoms with E-state index in [1.54, 1.807) is 34.7 Å². The quantitative estimate of drug-likeness (QED) is 0.660. The summed E-state index contributed by atoms with van der Waals surface area (Å²) >= 11 is 7.47. The van der Waals surface area contributed by atoms with Crippen LogP contribution in [0.2, 0.25) is 0 Å². The molecule has 2 aliphatic rings. The van der Waals surface area contributed by atoms with E-state index in [9.17, 15) is 8.42 Å². The molecule has 0 saturated heterocycles. The third kappa shape index (κ3) is 2.78. The second kappa shape index (κ2) is 5.68. The van der Waals surface area contributed by atoms with Crippen molar-refractivity contribution in [1.29, 1.82) is 0 Å². The van der Waals surface area contributed by atoms with Crippen molar-refractivity contribution < 1.29 is 8.42 Å². The van der Waals surface area contributed by atoms with Gasteiger partial charge in [-0.3, -0.25) is 4.72 Å². The number of nitrogens with zero attached hydrogens (tertiary/aromatic N) is 3. The zero-order valence-electron chi connectivity index (χ0n) is 12.0. The first-order chi connectivity index (χ1) is 10.4. The zero-order chi connectivity index (χ0) is 15.9. The summed E-state index contributed by atoms with van der Waals surface area (Å²) in [4.78, 5) is 7.65. The van der Waals surface area contributed by atoms with E-state index < -0.39 is 20.9 Å². The highest BCUT2D eigenvalue weighted by atomic mass is 35.5. The number of fused-ring (bicyclic) bond motifs is 1. The van der Waals surface area contributed by atoms with Gasteiger partial charge in [0.05, 0.1) is 5.69 Å². The number of rotatable bonds is 4. The van der Waals surface area contributed by atoms with Crippen molar-refractivity contribution >= 4 is 49.9 Å². The number of sulfonamides is 1. The predicted octanol–water partition coefficient (Wildman–Crippen LogP) is 2.27. The van der Waals surface area contributed by atoms with Crippen LogP contribution in [0.5, 0.6) is 0 Å². The minimum absolute atomic E-state index is 0.499. The number of hydrogen-bond acceptors (Lipinski definition) is 6. The summed E-state index contributed by atoms with van der Waals surface area (Å²) in [6.07, 6.45) is 1.69. The van der Waals surface area contributed by atoms with Gasteiger partial charge < -0.3 is 9.80 Å². The van der Waals surface area contributed by atoms with Gasteiger partial charge in [-0.25, -0.2) is 13.4 Å². The van der Waals surface area contributed by atoms with Crippen molar-refractivity contribution in [2.75, 3.05) is 23.7 Å². The molecular formula is C13H15ClN4O2S2. The first-order valence-corrected chi connectivity index (χ1v) is 9.37. The normalized spacial score (nSPS) is 23.4. The maximum absolute atomic E-state index is 12.7. The summed E-state index contributed by atoms with van der Waals surface area (Å²) < 4.78 is 27.9. The minimum atomic E-state index is -3.71. The fourth-order valence-electron chi connectivity index (χ4n) is 2.24. The molecule has 0 spiro atoms. The third-order valence-electron chi connectivity index (χ3n) is 3.30. The molecule has 1 aromatic rings. The molecule has 0 amide bonds. The lowest BCUT2D eigenvalue weighted by Crippen LogP contribution is -2.42. The standard InChI is InChI=1S/C13H15ClN4O2S2/c1-17(2)10-5-3-4-9(8-10)16-22(19,20)12-11(14)15-13-18(12)6-7-21-13/h3-8,11-12,16H,1-2H3. The van der Waals surface area contributed by atoms with E-state index >= 15 is 0 Å². The highest BCUT2D eigenvalue weighted by Crippen LogP contribution is 2.35. The molecule has 0 fully saturated rings. The first-order valence-electron chi connectivity index (χ1n) is 6.51. The van der Waals surface area contributed by atoms with Crippen LogP contribution in [0.15, 0.2) is 40.9 Å². The summed E-state index contributed by atoms with van der Waals surface area (Å²) in [7, 11) is 0.0766. The lowest BCUT2D eigenvalue weighted by Gasteiger charge is -2.23. The molecule has 1 N–H and O–H groups in total. The van der Waals surface area contributed by atoms with Crippen LogP contribution in [-0.2, 0) is 10.0 Å². The Morgan fingerprint density at radius 1 is 1.41 bits per heavy atom. The van der Waals surface area contributed by atoms with Gasteiger partial charge in [0.15, 0.2) is 16.0 Å². The molecule has 0 saturated carbocycles. The molecule has 2 aliphatic heterocycles. The number of thioether (sulfide) groups is 1. The molecule has 0 radical (unpaired) electrons. The van der Waals surface area contributed by atoms with E-state index in [1.807, 2.05) is 25.1 Å².